The van der Waals surface area contributed by atoms with Crippen molar-refractivity contribution in [2.45, 2.75) is 6.42 Å². The number of thiazole rings is 1. The zero-order valence-electron chi connectivity index (χ0n) is 13.7. The van der Waals surface area contributed by atoms with Crippen molar-refractivity contribution in [1.82, 2.24) is 4.98 Å². The fourth-order valence-corrected chi connectivity index (χ4v) is 3.47. The number of amides is 1. The van der Waals surface area contributed by atoms with Gasteiger partial charge in [0.1, 0.15) is 10.7 Å². The van der Waals surface area contributed by atoms with Crippen LogP contribution in [0.3, 0.4) is 0 Å². The molecular weight excluding hydrogens is 372 g/mol. The summed E-state index contributed by atoms with van der Waals surface area (Å²) in [6.45, 7) is 1.23. The number of nitrogens with zero attached hydrogens (tertiary/aromatic N) is 1. The molecule has 3 aromatic rings. The van der Waals surface area contributed by atoms with Gasteiger partial charge >= 0.3 is 0 Å². The van der Waals surface area contributed by atoms with Crippen molar-refractivity contribution in [3.8, 4) is 22.1 Å². The first-order chi connectivity index (χ1) is 12.7. The summed E-state index contributed by atoms with van der Waals surface area (Å²) in [4.78, 5) is 16.9. The average Bonchev–Trinajstić information content (AvgIpc) is 3.02. The van der Waals surface area contributed by atoms with Crippen LogP contribution in [0.15, 0.2) is 47.8 Å². The van der Waals surface area contributed by atoms with Crippen LogP contribution >= 0.6 is 22.9 Å². The maximum atomic E-state index is 12.5. The number of hydrogen-bond donors (Lipinski definition) is 1. The normalized spacial score (nSPS) is 13.1. The molecule has 5 nitrogen and oxygen atoms in total. The quantitative estimate of drug-likeness (QED) is 0.697. The van der Waals surface area contributed by atoms with E-state index in [0.717, 1.165) is 17.0 Å². The summed E-state index contributed by atoms with van der Waals surface area (Å²) in [6, 6.07) is 12.7. The van der Waals surface area contributed by atoms with E-state index in [1.807, 2.05) is 12.1 Å². The molecule has 2 heterocycles. The molecule has 0 bridgehead atoms. The van der Waals surface area contributed by atoms with Gasteiger partial charge < -0.3 is 14.8 Å². The second-order valence-electron chi connectivity index (χ2n) is 5.71. The minimum atomic E-state index is -0.268. The second-order valence-corrected chi connectivity index (χ2v) is 7.01. The number of ether oxygens (including phenoxy) is 2. The monoisotopic (exact) mass is 386 g/mol. The predicted octanol–water partition coefficient (Wildman–Crippen LogP) is 4.88. The Hall–Kier alpha value is -2.57. The number of halogens is 1. The highest BCUT2D eigenvalue weighted by Crippen LogP contribution is 2.32. The largest absolute Gasteiger partial charge is 0.490 e. The predicted molar refractivity (Wildman–Crippen MR) is 103 cm³/mol. The number of carbonyl (C=O) groups excluding carboxylic acids is 1. The third-order valence-electron chi connectivity index (χ3n) is 3.83. The van der Waals surface area contributed by atoms with Crippen LogP contribution in [0.5, 0.6) is 11.5 Å². The number of aromatic nitrogens is 1. The Balaban J connectivity index is 1.50. The molecule has 4 rings (SSSR count). The minimum Gasteiger partial charge on any atom is -0.490 e. The van der Waals surface area contributed by atoms with Gasteiger partial charge in [0.2, 0.25) is 0 Å². The number of benzene rings is 2. The van der Waals surface area contributed by atoms with E-state index >= 15 is 0 Å². The van der Waals surface area contributed by atoms with E-state index in [4.69, 9.17) is 21.1 Å². The van der Waals surface area contributed by atoms with Gasteiger partial charge in [0.15, 0.2) is 11.5 Å². The molecule has 1 aromatic heterocycles. The van der Waals surface area contributed by atoms with Gasteiger partial charge in [0.25, 0.3) is 5.91 Å². The van der Waals surface area contributed by atoms with Crippen molar-refractivity contribution >= 4 is 34.5 Å². The first kappa shape index (κ1) is 16.9. The molecule has 0 fully saturated rings. The summed E-state index contributed by atoms with van der Waals surface area (Å²) in [7, 11) is 0. The lowest BCUT2D eigenvalue weighted by Crippen LogP contribution is -2.12. The van der Waals surface area contributed by atoms with Crippen LogP contribution < -0.4 is 14.8 Å². The van der Waals surface area contributed by atoms with Crippen molar-refractivity contribution in [3.05, 3.63) is 58.6 Å². The van der Waals surface area contributed by atoms with Gasteiger partial charge in [-0.3, -0.25) is 4.79 Å². The molecule has 0 radical (unpaired) electrons. The number of carbonyl (C=O) groups is 1. The van der Waals surface area contributed by atoms with Gasteiger partial charge in [-0.25, -0.2) is 4.98 Å². The Kier molecular flexibility index (Phi) is 4.77. The van der Waals surface area contributed by atoms with Gasteiger partial charge in [-0.15, -0.1) is 11.3 Å². The molecule has 26 heavy (non-hydrogen) atoms. The summed E-state index contributed by atoms with van der Waals surface area (Å²) in [5, 5.41) is 6.02. The van der Waals surface area contributed by atoms with Crippen molar-refractivity contribution in [2.24, 2.45) is 0 Å². The summed E-state index contributed by atoms with van der Waals surface area (Å²) in [5.41, 5.74) is 1.93. The fourth-order valence-electron chi connectivity index (χ4n) is 2.54. The summed E-state index contributed by atoms with van der Waals surface area (Å²) in [6.07, 6.45) is 0.836. The molecule has 0 saturated heterocycles. The van der Waals surface area contributed by atoms with E-state index < -0.39 is 0 Å². The number of nitrogens with one attached hydrogen (secondary N) is 1. The van der Waals surface area contributed by atoms with Crippen LogP contribution in [-0.2, 0) is 0 Å². The van der Waals surface area contributed by atoms with Gasteiger partial charge in [-0.05, 0) is 24.3 Å². The lowest BCUT2D eigenvalue weighted by Gasteiger charge is -2.09. The van der Waals surface area contributed by atoms with Gasteiger partial charge in [0, 0.05) is 34.1 Å². The van der Waals surface area contributed by atoms with Crippen LogP contribution in [-0.4, -0.2) is 24.1 Å². The maximum absolute atomic E-state index is 12.5. The highest BCUT2D eigenvalue weighted by Gasteiger charge is 2.15. The molecule has 2 aromatic carbocycles. The maximum Gasteiger partial charge on any atom is 0.275 e. The van der Waals surface area contributed by atoms with Crippen LogP contribution in [0, 0.1) is 0 Å². The van der Waals surface area contributed by atoms with E-state index in [1.165, 1.54) is 11.3 Å². The van der Waals surface area contributed by atoms with Crippen LogP contribution in [0.25, 0.3) is 10.6 Å². The van der Waals surface area contributed by atoms with Crippen LogP contribution in [0.2, 0.25) is 5.02 Å². The van der Waals surface area contributed by atoms with Crippen molar-refractivity contribution in [3.63, 3.8) is 0 Å². The van der Waals surface area contributed by atoms with Crippen LogP contribution in [0.4, 0.5) is 5.69 Å². The SMILES string of the molecule is O=C(Nc1ccc2c(c1)OCCCO2)c1csc(-c2ccc(Cl)cc2)n1. The zero-order chi connectivity index (χ0) is 17.9. The van der Waals surface area contributed by atoms with E-state index in [1.54, 1.807) is 35.7 Å². The highest BCUT2D eigenvalue weighted by atomic mass is 35.5. The van der Waals surface area contributed by atoms with E-state index in [2.05, 4.69) is 10.3 Å². The van der Waals surface area contributed by atoms with E-state index in [9.17, 15) is 4.79 Å². The zero-order valence-corrected chi connectivity index (χ0v) is 15.3. The van der Waals surface area contributed by atoms with E-state index in [0.29, 0.717) is 41.1 Å². The molecule has 1 amide bonds. The topological polar surface area (TPSA) is 60.5 Å². The summed E-state index contributed by atoms with van der Waals surface area (Å²) >= 11 is 7.32. The number of fused-ring (bicyclic) bond motifs is 1. The Morgan fingerprint density at radius 1 is 1.08 bits per heavy atom. The smallest absolute Gasteiger partial charge is 0.275 e. The molecule has 0 saturated carbocycles. The molecular formula is C19H15ClN2O3S. The van der Waals surface area contributed by atoms with Crippen molar-refractivity contribution in [2.75, 3.05) is 18.5 Å². The standard InChI is InChI=1S/C19H15ClN2O3S/c20-13-4-2-12(3-5-13)19-22-15(11-26-19)18(23)21-14-6-7-16-17(10-14)25-9-1-8-24-16/h2-7,10-11H,1,8-9H2,(H,21,23). The number of anilines is 1. The summed E-state index contributed by atoms with van der Waals surface area (Å²) < 4.78 is 11.2. The Bertz CT molecular complexity index is 940. The summed E-state index contributed by atoms with van der Waals surface area (Å²) in [5.74, 6) is 1.07. The second kappa shape index (κ2) is 7.35. The molecule has 132 valence electrons. The lowest BCUT2D eigenvalue weighted by atomic mass is 10.2. The molecule has 1 aliphatic heterocycles. The Morgan fingerprint density at radius 3 is 2.65 bits per heavy atom. The van der Waals surface area contributed by atoms with Gasteiger partial charge in [-0.2, -0.15) is 0 Å². The lowest BCUT2D eigenvalue weighted by molar-refractivity contribution is 0.102. The van der Waals surface area contributed by atoms with Crippen LogP contribution in [0.1, 0.15) is 16.9 Å². The molecule has 0 unspecified atom stereocenters. The molecule has 1 N–H and O–H groups in total. The number of hydrogen-bond acceptors (Lipinski definition) is 5. The Labute approximate surface area is 159 Å². The van der Waals surface area contributed by atoms with Crippen molar-refractivity contribution < 1.29 is 14.3 Å². The molecule has 0 spiro atoms. The average molecular weight is 387 g/mol. The fraction of sp³-hybridized carbons (Fsp3) is 0.158. The molecule has 0 atom stereocenters. The Morgan fingerprint density at radius 2 is 1.85 bits per heavy atom. The molecule has 1 aliphatic rings. The van der Waals surface area contributed by atoms with Gasteiger partial charge in [-0.1, -0.05) is 23.7 Å². The first-order valence-corrected chi connectivity index (χ1v) is 9.37. The molecule has 0 aliphatic carbocycles. The van der Waals surface area contributed by atoms with E-state index in [-0.39, 0.29) is 5.91 Å². The first-order valence-electron chi connectivity index (χ1n) is 8.11. The third-order valence-corrected chi connectivity index (χ3v) is 4.98. The van der Waals surface area contributed by atoms with Gasteiger partial charge in [0.05, 0.1) is 13.2 Å². The number of rotatable bonds is 3. The highest BCUT2D eigenvalue weighted by molar-refractivity contribution is 7.13. The minimum absolute atomic E-state index is 0.268. The van der Waals surface area contributed by atoms with Crippen molar-refractivity contribution in [1.29, 1.82) is 0 Å². The molecule has 7 heteroatoms. The third kappa shape index (κ3) is 3.66.